The molecule has 2 rings (SSSR count). The first-order valence-electron chi connectivity index (χ1n) is 7.09. The van der Waals surface area contributed by atoms with Gasteiger partial charge in [0, 0.05) is 5.69 Å². The Hall–Kier alpha value is -0.390. The van der Waals surface area contributed by atoms with Crippen molar-refractivity contribution in [2.75, 3.05) is 13.2 Å². The second-order valence-corrected chi connectivity index (χ2v) is 6.45. The molecule has 5 heteroatoms. The van der Waals surface area contributed by atoms with E-state index in [1.54, 1.807) is 0 Å². The molecule has 1 aliphatic rings. The van der Waals surface area contributed by atoms with Gasteiger partial charge in [0.2, 0.25) is 0 Å². The van der Waals surface area contributed by atoms with Crippen LogP contribution in [0.4, 0.5) is 0 Å². The highest BCUT2D eigenvalue weighted by Gasteiger charge is 2.45. The van der Waals surface area contributed by atoms with Gasteiger partial charge in [-0.1, -0.05) is 6.92 Å². The van der Waals surface area contributed by atoms with E-state index in [0.717, 1.165) is 35.4 Å². The minimum absolute atomic E-state index is 0.174. The Labute approximate surface area is 123 Å². The number of aliphatic hydroxyl groups is 1. The fourth-order valence-corrected chi connectivity index (χ4v) is 2.95. The molecule has 0 amide bonds. The molecule has 0 radical (unpaired) electrons. The highest BCUT2D eigenvalue weighted by atomic mass is 79.9. The lowest BCUT2D eigenvalue weighted by atomic mass is 9.93. The van der Waals surface area contributed by atoms with Gasteiger partial charge in [-0.05, 0) is 61.5 Å². The Balaban J connectivity index is 2.21. The predicted molar refractivity (Wildman–Crippen MR) is 80.2 cm³/mol. The van der Waals surface area contributed by atoms with Crippen molar-refractivity contribution in [2.45, 2.75) is 52.1 Å². The van der Waals surface area contributed by atoms with Crippen LogP contribution in [-0.2, 0) is 6.54 Å². The summed E-state index contributed by atoms with van der Waals surface area (Å²) in [4.78, 5) is 0. The number of aryl methyl sites for hydroxylation is 1. The molecule has 1 aromatic heterocycles. The zero-order valence-corrected chi connectivity index (χ0v) is 13.6. The molecule has 4 nitrogen and oxygen atoms in total. The number of nitrogens with one attached hydrogen (secondary N) is 1. The van der Waals surface area contributed by atoms with Crippen LogP contribution in [0.2, 0.25) is 0 Å². The number of nitrogens with zero attached hydrogens (tertiary/aromatic N) is 2. The van der Waals surface area contributed by atoms with E-state index >= 15 is 0 Å². The Morgan fingerprint density at radius 2 is 2.16 bits per heavy atom. The van der Waals surface area contributed by atoms with Crippen LogP contribution >= 0.6 is 15.9 Å². The van der Waals surface area contributed by atoms with Gasteiger partial charge in [0.15, 0.2) is 0 Å². The normalized spacial score (nSPS) is 18.6. The number of hydrogen-bond acceptors (Lipinski definition) is 3. The monoisotopic (exact) mass is 329 g/mol. The highest BCUT2D eigenvalue weighted by Crippen LogP contribution is 2.41. The molecule has 1 fully saturated rings. The van der Waals surface area contributed by atoms with E-state index in [-0.39, 0.29) is 12.1 Å². The van der Waals surface area contributed by atoms with Crippen molar-refractivity contribution in [3.63, 3.8) is 0 Å². The molecule has 1 unspecified atom stereocenters. The van der Waals surface area contributed by atoms with Crippen LogP contribution in [-0.4, -0.2) is 33.6 Å². The van der Waals surface area contributed by atoms with Crippen molar-refractivity contribution >= 4 is 15.9 Å². The molecule has 1 saturated carbocycles. The van der Waals surface area contributed by atoms with Crippen LogP contribution in [0.3, 0.4) is 0 Å². The lowest BCUT2D eigenvalue weighted by Crippen LogP contribution is -2.54. The average Bonchev–Trinajstić information content (AvgIpc) is 3.22. The van der Waals surface area contributed by atoms with Crippen molar-refractivity contribution in [1.82, 2.24) is 15.1 Å². The van der Waals surface area contributed by atoms with E-state index in [1.807, 2.05) is 11.6 Å². The second-order valence-electron chi connectivity index (χ2n) is 5.66. The van der Waals surface area contributed by atoms with Crippen LogP contribution < -0.4 is 5.32 Å². The number of hydrogen-bond donors (Lipinski definition) is 2. The first-order chi connectivity index (χ1) is 9.04. The van der Waals surface area contributed by atoms with Gasteiger partial charge in [0.05, 0.1) is 28.9 Å². The molecule has 0 spiro atoms. The van der Waals surface area contributed by atoms with Crippen molar-refractivity contribution in [2.24, 2.45) is 5.92 Å². The quantitative estimate of drug-likeness (QED) is 0.807. The van der Waals surface area contributed by atoms with Gasteiger partial charge in [-0.15, -0.1) is 0 Å². The molecule has 1 atom stereocenters. The highest BCUT2D eigenvalue weighted by molar-refractivity contribution is 9.10. The summed E-state index contributed by atoms with van der Waals surface area (Å²) in [6, 6.07) is 0. The third-order valence-electron chi connectivity index (χ3n) is 4.09. The largest absolute Gasteiger partial charge is 0.394 e. The lowest BCUT2D eigenvalue weighted by Gasteiger charge is -2.34. The van der Waals surface area contributed by atoms with Crippen LogP contribution in [0.15, 0.2) is 4.47 Å². The molecule has 1 aliphatic carbocycles. The second kappa shape index (κ2) is 5.94. The minimum Gasteiger partial charge on any atom is -0.394 e. The van der Waals surface area contributed by atoms with E-state index in [1.165, 1.54) is 12.8 Å². The van der Waals surface area contributed by atoms with E-state index in [9.17, 15) is 5.11 Å². The minimum atomic E-state index is -0.210. The molecule has 1 aromatic rings. The summed E-state index contributed by atoms with van der Waals surface area (Å²) >= 11 is 3.57. The fourth-order valence-electron chi connectivity index (χ4n) is 2.67. The molecular weight excluding hydrogens is 306 g/mol. The van der Waals surface area contributed by atoms with Crippen LogP contribution in [0.1, 0.15) is 37.6 Å². The summed E-state index contributed by atoms with van der Waals surface area (Å²) in [5.74, 6) is 0.576. The summed E-state index contributed by atoms with van der Waals surface area (Å²) < 4.78 is 3.10. The van der Waals surface area contributed by atoms with Crippen molar-refractivity contribution in [1.29, 1.82) is 0 Å². The molecular formula is C14H24BrN3O. The van der Waals surface area contributed by atoms with Gasteiger partial charge in [0.1, 0.15) is 0 Å². The van der Waals surface area contributed by atoms with E-state index < -0.39 is 0 Å². The van der Waals surface area contributed by atoms with Crippen molar-refractivity contribution in [3.05, 3.63) is 15.9 Å². The Bertz CT molecular complexity index is 442. The van der Waals surface area contributed by atoms with Crippen molar-refractivity contribution in [3.8, 4) is 0 Å². The maximum atomic E-state index is 9.93. The molecule has 1 heterocycles. The molecule has 0 saturated heterocycles. The first kappa shape index (κ1) is 15.0. The van der Waals surface area contributed by atoms with Gasteiger partial charge in [-0.25, -0.2) is 0 Å². The fraction of sp³-hybridized carbons (Fsp3) is 0.786. The zero-order valence-electron chi connectivity index (χ0n) is 12.0. The van der Waals surface area contributed by atoms with E-state index in [0.29, 0.717) is 5.92 Å². The zero-order chi connectivity index (χ0) is 14.0. The number of aliphatic hydroxyl groups excluding tert-OH is 1. The number of halogens is 1. The SMILES string of the molecule is CCCNC(CO)(Cn1nc(C)c(Br)c1C)C1CC1. The molecule has 108 valence electrons. The van der Waals surface area contributed by atoms with E-state index in [2.05, 4.69) is 40.2 Å². The molecule has 0 aliphatic heterocycles. The molecule has 0 aromatic carbocycles. The summed E-state index contributed by atoms with van der Waals surface area (Å²) in [5.41, 5.74) is 1.93. The summed E-state index contributed by atoms with van der Waals surface area (Å²) in [6.45, 7) is 8.09. The van der Waals surface area contributed by atoms with Crippen LogP contribution in [0, 0.1) is 19.8 Å². The number of aromatic nitrogens is 2. The Kier molecular flexibility index (Phi) is 4.69. The summed E-state index contributed by atoms with van der Waals surface area (Å²) in [7, 11) is 0. The van der Waals surface area contributed by atoms with Gasteiger partial charge < -0.3 is 10.4 Å². The third kappa shape index (κ3) is 3.03. The first-order valence-corrected chi connectivity index (χ1v) is 7.88. The van der Waals surface area contributed by atoms with Gasteiger partial charge in [-0.2, -0.15) is 5.10 Å². The summed E-state index contributed by atoms with van der Waals surface area (Å²) in [5, 5.41) is 18.1. The molecule has 0 bridgehead atoms. The van der Waals surface area contributed by atoms with Crippen LogP contribution in [0.5, 0.6) is 0 Å². The topological polar surface area (TPSA) is 50.1 Å². The molecule has 2 N–H and O–H groups in total. The van der Waals surface area contributed by atoms with E-state index in [4.69, 9.17) is 0 Å². The van der Waals surface area contributed by atoms with Crippen LogP contribution in [0.25, 0.3) is 0 Å². The predicted octanol–water partition coefficient (Wildman–Crippen LogP) is 2.40. The standard InChI is InChI=1S/C14H24BrN3O/c1-4-7-16-14(9-19,12-5-6-12)8-18-11(3)13(15)10(2)17-18/h12,16,19H,4-9H2,1-3H3. The maximum Gasteiger partial charge on any atom is 0.0738 e. The molecule has 19 heavy (non-hydrogen) atoms. The Morgan fingerprint density at radius 3 is 2.58 bits per heavy atom. The van der Waals surface area contributed by atoms with Gasteiger partial charge >= 0.3 is 0 Å². The van der Waals surface area contributed by atoms with Gasteiger partial charge in [-0.3, -0.25) is 4.68 Å². The summed E-state index contributed by atoms with van der Waals surface area (Å²) in [6.07, 6.45) is 3.49. The average molecular weight is 330 g/mol. The Morgan fingerprint density at radius 1 is 1.47 bits per heavy atom. The number of rotatable bonds is 7. The third-order valence-corrected chi connectivity index (χ3v) is 5.24. The lowest BCUT2D eigenvalue weighted by molar-refractivity contribution is 0.117. The maximum absolute atomic E-state index is 9.93. The van der Waals surface area contributed by atoms with Crippen molar-refractivity contribution < 1.29 is 5.11 Å². The smallest absolute Gasteiger partial charge is 0.0738 e. The van der Waals surface area contributed by atoms with Gasteiger partial charge in [0.25, 0.3) is 0 Å².